The number of aromatic nitrogens is 5. The van der Waals surface area contributed by atoms with Gasteiger partial charge in [-0.25, -0.2) is 0 Å². The predicted octanol–water partition coefficient (Wildman–Crippen LogP) is 3.09. The highest BCUT2D eigenvalue weighted by molar-refractivity contribution is 14.1. The van der Waals surface area contributed by atoms with Gasteiger partial charge in [-0.2, -0.15) is 4.80 Å². The number of benzene rings is 1. The summed E-state index contributed by atoms with van der Waals surface area (Å²) in [5.41, 5.74) is 4.16. The summed E-state index contributed by atoms with van der Waals surface area (Å²) in [5.74, 6) is 0. The molecule has 2 aromatic heterocycles. The fourth-order valence-electron chi connectivity index (χ4n) is 2.52. The maximum absolute atomic E-state index is 12.2. The van der Waals surface area contributed by atoms with Gasteiger partial charge in [0, 0.05) is 21.0 Å². The monoisotopic (exact) mass is 453 g/mol. The molecule has 1 aromatic carbocycles. The first-order chi connectivity index (χ1) is 11.4. The van der Waals surface area contributed by atoms with Gasteiger partial charge in [-0.3, -0.25) is 4.79 Å². The first kappa shape index (κ1) is 17.2. The molecule has 2 heterocycles. The zero-order valence-corrected chi connectivity index (χ0v) is 16.5. The van der Waals surface area contributed by atoms with Gasteiger partial charge in [0.2, 0.25) is 0 Å². The second-order valence-corrected chi connectivity index (χ2v) is 7.76. The number of nitrogens with zero attached hydrogens (tertiary/aromatic N) is 4. The Balaban J connectivity index is 2.09. The molecule has 0 aliphatic rings. The highest BCUT2D eigenvalue weighted by atomic mass is 127. The van der Waals surface area contributed by atoms with E-state index in [9.17, 15) is 4.79 Å². The number of H-pyrrole nitrogens is 1. The van der Waals surface area contributed by atoms with Crippen LogP contribution < -0.4 is 5.56 Å². The molecule has 124 valence electrons. The number of pyridine rings is 1. The van der Waals surface area contributed by atoms with Gasteiger partial charge in [-0.1, -0.05) is 17.8 Å². The average molecular weight is 453 g/mol. The van der Waals surface area contributed by atoms with E-state index >= 15 is 0 Å². The molecule has 3 aromatic rings. The van der Waals surface area contributed by atoms with Crippen LogP contribution in [-0.2, 0) is 6.54 Å². The van der Waals surface area contributed by atoms with E-state index in [0.717, 1.165) is 21.0 Å². The molecule has 6 nitrogen and oxygen atoms in total. The van der Waals surface area contributed by atoms with Crippen molar-refractivity contribution in [1.29, 1.82) is 0 Å². The van der Waals surface area contributed by atoms with E-state index in [2.05, 4.69) is 75.0 Å². The summed E-state index contributed by atoms with van der Waals surface area (Å²) in [5, 5.41) is 11.8. The molecule has 0 aliphatic heterocycles. The Kier molecular flexibility index (Phi) is 5.04. The average Bonchev–Trinajstić information content (AvgIpc) is 3.00. The number of aromatic amines is 1. The Morgan fingerprint density at radius 3 is 2.54 bits per heavy atom. The fourth-order valence-corrected chi connectivity index (χ4v) is 4.55. The molecule has 0 atom stereocenters. The van der Waals surface area contributed by atoms with E-state index in [1.54, 1.807) is 11.8 Å². The van der Waals surface area contributed by atoms with Crippen LogP contribution in [0.5, 0.6) is 0 Å². The van der Waals surface area contributed by atoms with Gasteiger partial charge < -0.3 is 4.98 Å². The SMILES string of the molecule is Cc1cc(C)cc(Sc2c(Cn3ncnn3)c(C)[nH]c(=O)c2I)c1. The molecule has 3 rings (SSSR count). The molecule has 8 heteroatoms. The number of nitrogens with one attached hydrogen (secondary N) is 1. The second-order valence-electron chi connectivity index (χ2n) is 5.59. The smallest absolute Gasteiger partial charge is 0.262 e. The Labute approximate surface area is 157 Å². The van der Waals surface area contributed by atoms with Gasteiger partial charge in [0.05, 0.1) is 10.1 Å². The van der Waals surface area contributed by atoms with Gasteiger partial charge in [0.1, 0.15) is 0 Å². The molecule has 0 fully saturated rings. The molecule has 0 saturated carbocycles. The van der Waals surface area contributed by atoms with Crippen molar-refractivity contribution >= 4 is 34.4 Å². The van der Waals surface area contributed by atoms with E-state index in [4.69, 9.17) is 0 Å². The normalized spacial score (nSPS) is 11.0. The zero-order chi connectivity index (χ0) is 17.3. The summed E-state index contributed by atoms with van der Waals surface area (Å²) in [6.45, 7) is 6.51. The van der Waals surface area contributed by atoms with Crippen molar-refractivity contribution in [3.63, 3.8) is 0 Å². The van der Waals surface area contributed by atoms with Gasteiger partial charge in [0.15, 0.2) is 6.33 Å². The van der Waals surface area contributed by atoms with Crippen LogP contribution in [0.3, 0.4) is 0 Å². The highest BCUT2D eigenvalue weighted by Gasteiger charge is 2.17. The van der Waals surface area contributed by atoms with Crippen LogP contribution >= 0.6 is 34.4 Å². The Morgan fingerprint density at radius 2 is 1.92 bits per heavy atom. The van der Waals surface area contributed by atoms with Crippen molar-refractivity contribution in [2.45, 2.75) is 37.1 Å². The van der Waals surface area contributed by atoms with Crippen molar-refractivity contribution in [1.82, 2.24) is 25.2 Å². The lowest BCUT2D eigenvalue weighted by molar-refractivity contribution is 0.563. The van der Waals surface area contributed by atoms with Crippen molar-refractivity contribution in [3.8, 4) is 0 Å². The fraction of sp³-hybridized carbons (Fsp3) is 0.250. The summed E-state index contributed by atoms with van der Waals surface area (Å²) in [6.07, 6.45) is 1.41. The van der Waals surface area contributed by atoms with E-state index < -0.39 is 0 Å². The summed E-state index contributed by atoms with van der Waals surface area (Å²) in [6, 6.07) is 6.39. The van der Waals surface area contributed by atoms with Crippen LogP contribution in [0.4, 0.5) is 0 Å². The first-order valence-electron chi connectivity index (χ1n) is 7.32. The molecular weight excluding hydrogens is 437 g/mol. The third-order valence-electron chi connectivity index (χ3n) is 3.53. The summed E-state index contributed by atoms with van der Waals surface area (Å²) in [7, 11) is 0. The lowest BCUT2D eigenvalue weighted by atomic mass is 10.2. The molecule has 0 bridgehead atoms. The van der Waals surface area contributed by atoms with E-state index in [0.29, 0.717) is 10.1 Å². The van der Waals surface area contributed by atoms with Crippen LogP contribution in [-0.4, -0.2) is 25.2 Å². The maximum Gasteiger partial charge on any atom is 0.262 e. The maximum atomic E-state index is 12.2. The van der Waals surface area contributed by atoms with Crippen LogP contribution in [0, 0.1) is 24.3 Å². The number of hydrogen-bond donors (Lipinski definition) is 1. The van der Waals surface area contributed by atoms with E-state index in [-0.39, 0.29) is 5.56 Å². The summed E-state index contributed by atoms with van der Waals surface area (Å²) < 4.78 is 0.678. The van der Waals surface area contributed by atoms with Gasteiger partial charge in [-0.15, -0.1) is 10.2 Å². The number of tetrazole rings is 1. The van der Waals surface area contributed by atoms with Gasteiger partial charge >= 0.3 is 0 Å². The Bertz CT molecular complexity index is 916. The summed E-state index contributed by atoms with van der Waals surface area (Å²) >= 11 is 3.70. The van der Waals surface area contributed by atoms with Crippen LogP contribution in [0.25, 0.3) is 0 Å². The van der Waals surface area contributed by atoms with Crippen LogP contribution in [0.15, 0.2) is 39.1 Å². The minimum Gasteiger partial charge on any atom is -0.325 e. The van der Waals surface area contributed by atoms with Crippen molar-refractivity contribution < 1.29 is 0 Å². The molecular formula is C16H16IN5OS. The molecule has 0 saturated heterocycles. The molecule has 0 spiro atoms. The number of rotatable bonds is 4. The molecule has 0 amide bonds. The third-order valence-corrected chi connectivity index (χ3v) is 6.05. The lowest BCUT2D eigenvalue weighted by Crippen LogP contribution is -2.18. The van der Waals surface area contributed by atoms with Gasteiger partial charge in [-0.05, 0) is 71.8 Å². The minimum atomic E-state index is -0.0738. The topological polar surface area (TPSA) is 76.5 Å². The molecule has 0 aliphatic carbocycles. The molecule has 0 radical (unpaired) electrons. The number of aryl methyl sites for hydroxylation is 3. The largest absolute Gasteiger partial charge is 0.325 e. The molecule has 24 heavy (non-hydrogen) atoms. The molecule has 1 N–H and O–H groups in total. The Morgan fingerprint density at radius 1 is 1.21 bits per heavy atom. The van der Waals surface area contributed by atoms with Crippen molar-refractivity contribution in [2.75, 3.05) is 0 Å². The van der Waals surface area contributed by atoms with Crippen molar-refractivity contribution in [2.24, 2.45) is 0 Å². The Hall–Kier alpha value is -1.68. The van der Waals surface area contributed by atoms with E-state index in [1.165, 1.54) is 22.3 Å². The quantitative estimate of drug-likeness (QED) is 0.615. The minimum absolute atomic E-state index is 0.0738. The number of halogens is 1. The van der Waals surface area contributed by atoms with Gasteiger partial charge in [0.25, 0.3) is 5.56 Å². The van der Waals surface area contributed by atoms with Crippen LogP contribution in [0.2, 0.25) is 0 Å². The lowest BCUT2D eigenvalue weighted by Gasteiger charge is -2.14. The first-order valence-corrected chi connectivity index (χ1v) is 9.21. The predicted molar refractivity (Wildman–Crippen MR) is 101 cm³/mol. The van der Waals surface area contributed by atoms with E-state index in [1.807, 2.05) is 6.92 Å². The number of hydrogen-bond acceptors (Lipinski definition) is 5. The standard InChI is InChI=1S/C16H16IN5OS/c1-9-4-10(2)6-12(5-9)24-15-13(7-22-19-8-18-21-22)11(3)20-16(23)14(15)17/h4-6,8H,7H2,1-3H3,(H,20,23). The van der Waals surface area contributed by atoms with Crippen LogP contribution in [0.1, 0.15) is 22.4 Å². The highest BCUT2D eigenvalue weighted by Crippen LogP contribution is 2.35. The van der Waals surface area contributed by atoms with Crippen molar-refractivity contribution in [3.05, 3.63) is 60.8 Å². The zero-order valence-electron chi connectivity index (χ0n) is 13.5. The second kappa shape index (κ2) is 7.06. The molecule has 0 unspecified atom stereocenters. The third kappa shape index (κ3) is 3.69. The summed E-state index contributed by atoms with van der Waals surface area (Å²) in [4.78, 5) is 18.7.